The summed E-state index contributed by atoms with van der Waals surface area (Å²) < 4.78 is 4.91. The van der Waals surface area contributed by atoms with E-state index in [0.717, 1.165) is 38.0 Å². The summed E-state index contributed by atoms with van der Waals surface area (Å²) in [5.41, 5.74) is 2.34. The second-order valence-electron chi connectivity index (χ2n) is 6.62. The fraction of sp³-hybridized carbons (Fsp3) is 0.421. The number of ether oxygens (including phenoxy) is 1. The first-order valence-electron chi connectivity index (χ1n) is 8.83. The van der Waals surface area contributed by atoms with Crippen LogP contribution in [-0.4, -0.2) is 63.6 Å². The number of likely N-dealkylation sites (tertiary alicyclic amines) is 1. The zero-order valence-corrected chi connectivity index (χ0v) is 15.2. The van der Waals surface area contributed by atoms with E-state index in [0.29, 0.717) is 17.2 Å². The summed E-state index contributed by atoms with van der Waals surface area (Å²) in [6.07, 6.45) is 7.05. The van der Waals surface area contributed by atoms with Crippen LogP contribution in [0.4, 0.5) is 0 Å². The van der Waals surface area contributed by atoms with Crippen LogP contribution < -0.4 is 0 Å². The largest absolute Gasteiger partial charge is 0.478 e. The zero-order chi connectivity index (χ0) is 19.2. The maximum atomic E-state index is 11.9. The first kappa shape index (κ1) is 18.9. The zero-order valence-electron chi connectivity index (χ0n) is 15.2. The Morgan fingerprint density at radius 2 is 2.00 bits per heavy atom. The van der Waals surface area contributed by atoms with Crippen molar-refractivity contribution in [2.45, 2.75) is 19.3 Å². The van der Waals surface area contributed by atoms with Gasteiger partial charge in [0.1, 0.15) is 12.9 Å². The minimum atomic E-state index is -1.02. The van der Waals surface area contributed by atoms with E-state index in [1.807, 2.05) is 11.0 Å². The first-order valence-corrected chi connectivity index (χ1v) is 8.83. The van der Waals surface area contributed by atoms with Crippen LogP contribution in [0.2, 0.25) is 0 Å². The van der Waals surface area contributed by atoms with Gasteiger partial charge in [0.15, 0.2) is 0 Å². The number of carbonyl (C=O) groups is 2. The van der Waals surface area contributed by atoms with Gasteiger partial charge in [-0.25, -0.2) is 14.8 Å². The fourth-order valence-corrected chi connectivity index (χ4v) is 3.26. The van der Waals surface area contributed by atoms with Gasteiger partial charge in [0.25, 0.3) is 0 Å². The highest BCUT2D eigenvalue weighted by Gasteiger charge is 2.23. The average molecular weight is 370 g/mol. The average Bonchev–Trinajstić information content (AvgIpc) is 2.69. The van der Waals surface area contributed by atoms with E-state index in [-0.39, 0.29) is 18.1 Å². The lowest BCUT2D eigenvalue weighted by Gasteiger charge is -2.31. The molecule has 1 aliphatic rings. The third-order valence-electron chi connectivity index (χ3n) is 4.74. The number of piperidine rings is 1. The molecule has 2 aromatic rings. The van der Waals surface area contributed by atoms with Crippen LogP contribution in [0.15, 0.2) is 30.9 Å². The topological polar surface area (TPSA) is 106 Å². The number of aromatic carboxylic acids is 1. The van der Waals surface area contributed by atoms with E-state index in [9.17, 15) is 9.59 Å². The number of hydrogen-bond donors (Lipinski definition) is 1. The summed E-state index contributed by atoms with van der Waals surface area (Å²) in [6.45, 7) is 1.59. The molecule has 1 aliphatic heterocycles. The highest BCUT2D eigenvalue weighted by Crippen LogP contribution is 2.23. The smallest absolute Gasteiger partial charge is 0.337 e. The van der Waals surface area contributed by atoms with Crippen molar-refractivity contribution < 1.29 is 19.4 Å². The van der Waals surface area contributed by atoms with Crippen molar-refractivity contribution in [2.75, 3.05) is 26.8 Å². The third kappa shape index (κ3) is 4.85. The molecule has 1 saturated heterocycles. The van der Waals surface area contributed by atoms with Gasteiger partial charge in [0.05, 0.1) is 11.3 Å². The van der Waals surface area contributed by atoms with Crippen molar-refractivity contribution in [3.63, 3.8) is 0 Å². The predicted molar refractivity (Wildman–Crippen MR) is 97.1 cm³/mol. The molecular formula is C19H22N4O4. The summed E-state index contributed by atoms with van der Waals surface area (Å²) in [7, 11) is 1.53. The number of carbonyl (C=O) groups excluding carboxylic acids is 1. The molecular weight excluding hydrogens is 348 g/mol. The van der Waals surface area contributed by atoms with Crippen LogP contribution in [0.25, 0.3) is 11.3 Å². The number of rotatable bonds is 6. The molecule has 0 atom stereocenters. The van der Waals surface area contributed by atoms with Gasteiger partial charge in [-0.2, -0.15) is 0 Å². The minimum Gasteiger partial charge on any atom is -0.478 e. The number of hydrogen-bond acceptors (Lipinski definition) is 6. The van der Waals surface area contributed by atoms with Crippen molar-refractivity contribution in [3.05, 3.63) is 42.1 Å². The molecule has 27 heavy (non-hydrogen) atoms. The molecule has 2 aromatic heterocycles. The van der Waals surface area contributed by atoms with Crippen molar-refractivity contribution >= 4 is 11.9 Å². The highest BCUT2D eigenvalue weighted by molar-refractivity contribution is 5.88. The molecule has 8 heteroatoms. The van der Waals surface area contributed by atoms with Gasteiger partial charge in [0, 0.05) is 43.9 Å². The number of pyridine rings is 1. The van der Waals surface area contributed by atoms with Crippen molar-refractivity contribution in [3.8, 4) is 11.3 Å². The third-order valence-corrected chi connectivity index (χ3v) is 4.74. The summed E-state index contributed by atoms with van der Waals surface area (Å²) >= 11 is 0. The molecule has 0 radical (unpaired) electrons. The first-order chi connectivity index (χ1) is 13.1. The number of carboxylic acid groups (broad SMARTS) is 1. The van der Waals surface area contributed by atoms with Crippen LogP contribution in [0, 0.1) is 5.92 Å². The summed E-state index contributed by atoms with van der Waals surface area (Å²) in [4.78, 5) is 37.4. The van der Waals surface area contributed by atoms with Crippen LogP contribution in [0.1, 0.15) is 28.9 Å². The van der Waals surface area contributed by atoms with Gasteiger partial charge in [-0.3, -0.25) is 9.78 Å². The molecule has 0 spiro atoms. The second-order valence-corrected chi connectivity index (χ2v) is 6.62. The Hall–Kier alpha value is -2.87. The van der Waals surface area contributed by atoms with E-state index in [2.05, 4.69) is 15.0 Å². The van der Waals surface area contributed by atoms with E-state index in [1.165, 1.54) is 19.6 Å². The number of aromatic nitrogens is 3. The highest BCUT2D eigenvalue weighted by atomic mass is 16.5. The lowest BCUT2D eigenvalue weighted by molar-refractivity contribution is -0.136. The Kier molecular flexibility index (Phi) is 6.08. The Bertz CT molecular complexity index is 819. The summed E-state index contributed by atoms with van der Waals surface area (Å²) in [5, 5.41) is 9.11. The van der Waals surface area contributed by atoms with Crippen LogP contribution in [0.5, 0.6) is 0 Å². The Labute approximate surface area is 157 Å². The molecule has 0 aliphatic carbocycles. The van der Waals surface area contributed by atoms with E-state index >= 15 is 0 Å². The van der Waals surface area contributed by atoms with Crippen molar-refractivity contribution in [1.82, 2.24) is 19.9 Å². The van der Waals surface area contributed by atoms with Gasteiger partial charge in [-0.15, -0.1) is 0 Å². The molecule has 3 rings (SSSR count). The van der Waals surface area contributed by atoms with Gasteiger partial charge in [-0.05, 0) is 37.3 Å². The van der Waals surface area contributed by atoms with E-state index < -0.39 is 5.97 Å². The normalized spacial score (nSPS) is 14.9. The lowest BCUT2D eigenvalue weighted by Crippen LogP contribution is -2.40. The van der Waals surface area contributed by atoms with Crippen molar-refractivity contribution in [2.24, 2.45) is 5.92 Å². The Morgan fingerprint density at radius 3 is 2.70 bits per heavy atom. The standard InChI is InChI=1S/C19H22N4O4/c1-27-11-18(24)23-4-2-13(3-5-23)6-16-8-17(22-12-21-16)14-7-15(19(25)26)10-20-9-14/h7-10,12-13H,2-6,11H2,1H3,(H,25,26). The van der Waals surface area contributed by atoms with E-state index in [1.54, 1.807) is 12.3 Å². The minimum absolute atomic E-state index is 0.0334. The molecule has 0 saturated carbocycles. The number of amides is 1. The lowest BCUT2D eigenvalue weighted by atomic mass is 9.91. The molecule has 142 valence electrons. The van der Waals surface area contributed by atoms with Gasteiger partial charge in [-0.1, -0.05) is 0 Å². The van der Waals surface area contributed by atoms with Gasteiger partial charge < -0.3 is 14.7 Å². The Balaban J connectivity index is 1.64. The van der Waals surface area contributed by atoms with Crippen LogP contribution in [0.3, 0.4) is 0 Å². The number of carboxylic acids is 1. The quantitative estimate of drug-likeness (QED) is 0.824. The molecule has 8 nitrogen and oxygen atoms in total. The maximum absolute atomic E-state index is 11.9. The summed E-state index contributed by atoms with van der Waals surface area (Å²) in [5.74, 6) is -0.540. The number of nitrogens with zero attached hydrogens (tertiary/aromatic N) is 4. The van der Waals surface area contributed by atoms with Crippen molar-refractivity contribution in [1.29, 1.82) is 0 Å². The Morgan fingerprint density at radius 1 is 1.22 bits per heavy atom. The summed E-state index contributed by atoms with van der Waals surface area (Å²) in [6, 6.07) is 3.44. The SMILES string of the molecule is COCC(=O)N1CCC(Cc2cc(-c3cncc(C(=O)O)c3)ncn2)CC1. The fourth-order valence-electron chi connectivity index (χ4n) is 3.26. The molecule has 1 fully saturated rings. The molecule has 3 heterocycles. The monoisotopic (exact) mass is 370 g/mol. The predicted octanol–water partition coefficient (Wildman–Crippen LogP) is 1.66. The molecule has 0 bridgehead atoms. The molecule has 0 aromatic carbocycles. The maximum Gasteiger partial charge on any atom is 0.337 e. The van der Waals surface area contributed by atoms with Gasteiger partial charge in [0.2, 0.25) is 5.91 Å². The number of methoxy groups -OCH3 is 1. The molecule has 1 amide bonds. The second kappa shape index (κ2) is 8.68. The van der Waals surface area contributed by atoms with Gasteiger partial charge >= 0.3 is 5.97 Å². The van der Waals surface area contributed by atoms with Crippen LogP contribution >= 0.6 is 0 Å². The molecule has 1 N–H and O–H groups in total. The van der Waals surface area contributed by atoms with Crippen LogP contribution in [-0.2, 0) is 16.0 Å². The molecule has 0 unspecified atom stereocenters. The van der Waals surface area contributed by atoms with E-state index in [4.69, 9.17) is 9.84 Å².